The standard InChI is InChI=1S/C13H20N2O5S2/c1-3-4-6-10(13(17)20-2)15-11(16)9-14-22(18,19)12-7-5-8-21-12/h5,7-8,10,14H,3-4,6,9H2,1-2H3,(H,15,16). The third kappa shape index (κ3) is 5.74. The number of methoxy groups -OCH3 is 1. The van der Waals surface area contributed by atoms with Crippen LogP contribution in [0.15, 0.2) is 21.7 Å². The van der Waals surface area contributed by atoms with Crippen LogP contribution in [0.25, 0.3) is 0 Å². The minimum atomic E-state index is -3.70. The number of thiophene rings is 1. The summed E-state index contributed by atoms with van der Waals surface area (Å²) in [5.74, 6) is -1.12. The van der Waals surface area contributed by atoms with E-state index in [1.807, 2.05) is 6.92 Å². The molecule has 0 fully saturated rings. The van der Waals surface area contributed by atoms with Crippen LogP contribution in [0.4, 0.5) is 0 Å². The highest BCUT2D eigenvalue weighted by molar-refractivity contribution is 7.91. The zero-order valence-corrected chi connectivity index (χ0v) is 14.1. The third-order valence-electron chi connectivity index (χ3n) is 2.85. The van der Waals surface area contributed by atoms with E-state index in [-0.39, 0.29) is 4.21 Å². The molecule has 7 nitrogen and oxygen atoms in total. The first-order chi connectivity index (χ1) is 10.4. The molecule has 2 N–H and O–H groups in total. The van der Waals surface area contributed by atoms with Crippen LogP contribution in [0.1, 0.15) is 26.2 Å². The molecule has 1 aromatic rings. The lowest BCUT2D eigenvalue weighted by Gasteiger charge is -2.16. The average molecular weight is 348 g/mol. The summed E-state index contributed by atoms with van der Waals surface area (Å²) in [6, 6.07) is 2.30. The Labute approximate surface area is 134 Å². The molecule has 0 aliphatic heterocycles. The number of amides is 1. The molecule has 0 aliphatic rings. The average Bonchev–Trinajstić information content (AvgIpc) is 3.04. The minimum Gasteiger partial charge on any atom is -0.467 e. The number of carbonyl (C=O) groups excluding carboxylic acids is 2. The van der Waals surface area contributed by atoms with Crippen molar-refractivity contribution in [3.63, 3.8) is 0 Å². The molecule has 1 atom stereocenters. The van der Waals surface area contributed by atoms with Gasteiger partial charge in [-0.3, -0.25) is 4.79 Å². The quantitative estimate of drug-likeness (QED) is 0.645. The Bertz CT molecular complexity index is 584. The second-order valence-corrected chi connectivity index (χ2v) is 7.48. The van der Waals surface area contributed by atoms with Crippen molar-refractivity contribution in [1.82, 2.24) is 10.0 Å². The van der Waals surface area contributed by atoms with Gasteiger partial charge < -0.3 is 10.1 Å². The Kier molecular flexibility index (Phi) is 7.49. The fourth-order valence-electron chi connectivity index (χ4n) is 1.69. The number of unbranched alkanes of at least 4 members (excludes halogenated alkanes) is 1. The molecule has 0 saturated heterocycles. The normalized spacial score (nSPS) is 12.6. The van der Waals surface area contributed by atoms with E-state index in [4.69, 9.17) is 0 Å². The summed E-state index contributed by atoms with van der Waals surface area (Å²) in [5.41, 5.74) is 0. The maximum absolute atomic E-state index is 11.9. The maximum Gasteiger partial charge on any atom is 0.328 e. The molecule has 22 heavy (non-hydrogen) atoms. The number of ether oxygens (including phenoxy) is 1. The van der Waals surface area contributed by atoms with Crippen molar-refractivity contribution in [2.45, 2.75) is 36.4 Å². The highest BCUT2D eigenvalue weighted by Crippen LogP contribution is 2.14. The second kappa shape index (κ2) is 8.86. The molecule has 1 heterocycles. The van der Waals surface area contributed by atoms with Gasteiger partial charge in [-0.05, 0) is 17.9 Å². The fraction of sp³-hybridized carbons (Fsp3) is 0.538. The largest absolute Gasteiger partial charge is 0.467 e. The smallest absolute Gasteiger partial charge is 0.328 e. The van der Waals surface area contributed by atoms with Gasteiger partial charge in [0.1, 0.15) is 10.3 Å². The predicted octanol–water partition coefficient (Wildman–Crippen LogP) is 0.874. The van der Waals surface area contributed by atoms with Gasteiger partial charge in [0.2, 0.25) is 5.91 Å². The highest BCUT2D eigenvalue weighted by atomic mass is 32.2. The molecule has 1 unspecified atom stereocenters. The second-order valence-electron chi connectivity index (χ2n) is 4.54. The van der Waals surface area contributed by atoms with E-state index < -0.39 is 34.5 Å². The lowest BCUT2D eigenvalue weighted by Crippen LogP contribution is -2.45. The summed E-state index contributed by atoms with van der Waals surface area (Å²) in [4.78, 5) is 23.4. The lowest BCUT2D eigenvalue weighted by molar-refractivity contribution is -0.145. The number of nitrogens with one attached hydrogen (secondary N) is 2. The van der Waals surface area contributed by atoms with E-state index in [1.165, 1.54) is 13.2 Å². The summed E-state index contributed by atoms with van der Waals surface area (Å²) >= 11 is 1.06. The van der Waals surface area contributed by atoms with Gasteiger partial charge in [-0.2, -0.15) is 0 Å². The van der Waals surface area contributed by atoms with Gasteiger partial charge in [0.05, 0.1) is 13.7 Å². The molecule has 124 valence electrons. The van der Waals surface area contributed by atoms with Crippen molar-refractivity contribution in [3.05, 3.63) is 17.5 Å². The van der Waals surface area contributed by atoms with E-state index in [1.54, 1.807) is 11.4 Å². The van der Waals surface area contributed by atoms with E-state index >= 15 is 0 Å². The first kappa shape index (κ1) is 18.6. The van der Waals surface area contributed by atoms with Gasteiger partial charge in [-0.25, -0.2) is 17.9 Å². The molecule has 0 aliphatic carbocycles. The molecule has 1 rings (SSSR count). The Morgan fingerprint density at radius 1 is 1.41 bits per heavy atom. The lowest BCUT2D eigenvalue weighted by atomic mass is 10.1. The molecule has 0 aromatic carbocycles. The Hall–Kier alpha value is -1.45. The Morgan fingerprint density at radius 2 is 2.14 bits per heavy atom. The maximum atomic E-state index is 11.9. The van der Waals surface area contributed by atoms with E-state index in [0.717, 1.165) is 24.2 Å². The number of carbonyl (C=O) groups is 2. The predicted molar refractivity (Wildman–Crippen MR) is 83.0 cm³/mol. The first-order valence-corrected chi connectivity index (χ1v) is 9.17. The van der Waals surface area contributed by atoms with Crippen molar-refractivity contribution in [1.29, 1.82) is 0 Å². The van der Waals surface area contributed by atoms with Crippen LogP contribution in [0.3, 0.4) is 0 Å². The van der Waals surface area contributed by atoms with Crippen molar-refractivity contribution < 1.29 is 22.7 Å². The van der Waals surface area contributed by atoms with Gasteiger partial charge in [0, 0.05) is 0 Å². The summed E-state index contributed by atoms with van der Waals surface area (Å²) < 4.78 is 30.7. The highest BCUT2D eigenvalue weighted by Gasteiger charge is 2.22. The van der Waals surface area contributed by atoms with Crippen LogP contribution in [0, 0.1) is 0 Å². The van der Waals surface area contributed by atoms with Crippen LogP contribution < -0.4 is 10.0 Å². The molecule has 1 amide bonds. The zero-order chi connectivity index (χ0) is 16.6. The monoisotopic (exact) mass is 348 g/mol. The molecule has 0 saturated carbocycles. The van der Waals surface area contributed by atoms with Crippen LogP contribution >= 0.6 is 11.3 Å². The van der Waals surface area contributed by atoms with E-state index in [9.17, 15) is 18.0 Å². The van der Waals surface area contributed by atoms with Crippen molar-refractivity contribution in [2.24, 2.45) is 0 Å². The van der Waals surface area contributed by atoms with Crippen molar-refractivity contribution in [3.8, 4) is 0 Å². The molecule has 0 radical (unpaired) electrons. The van der Waals surface area contributed by atoms with Crippen LogP contribution in [-0.2, 0) is 24.3 Å². The summed E-state index contributed by atoms with van der Waals surface area (Å²) in [6.07, 6.45) is 2.07. The summed E-state index contributed by atoms with van der Waals surface area (Å²) in [5, 5.41) is 4.11. The molecule has 0 spiro atoms. The number of rotatable bonds is 9. The topological polar surface area (TPSA) is 102 Å². The summed E-state index contributed by atoms with van der Waals surface area (Å²) in [7, 11) is -2.46. The van der Waals surface area contributed by atoms with Gasteiger partial charge >= 0.3 is 5.97 Å². The molecular weight excluding hydrogens is 328 g/mol. The third-order valence-corrected chi connectivity index (χ3v) is 5.65. The molecule has 1 aromatic heterocycles. The van der Waals surface area contributed by atoms with E-state index in [0.29, 0.717) is 6.42 Å². The Balaban J connectivity index is 2.55. The molecular formula is C13H20N2O5S2. The Morgan fingerprint density at radius 3 is 2.68 bits per heavy atom. The van der Waals surface area contributed by atoms with Crippen LogP contribution in [0.5, 0.6) is 0 Å². The number of sulfonamides is 1. The number of hydrogen-bond acceptors (Lipinski definition) is 6. The minimum absolute atomic E-state index is 0.135. The van der Waals surface area contributed by atoms with Crippen LogP contribution in [-0.4, -0.2) is 40.0 Å². The molecule has 9 heteroatoms. The fourth-order valence-corrected chi connectivity index (χ4v) is 3.71. The zero-order valence-electron chi connectivity index (χ0n) is 12.5. The van der Waals surface area contributed by atoms with Gasteiger partial charge in [0.15, 0.2) is 0 Å². The number of esters is 1. The van der Waals surface area contributed by atoms with Gasteiger partial charge in [-0.15, -0.1) is 11.3 Å². The molecule has 0 bridgehead atoms. The number of hydrogen-bond donors (Lipinski definition) is 2. The van der Waals surface area contributed by atoms with Gasteiger partial charge in [0.25, 0.3) is 10.0 Å². The van der Waals surface area contributed by atoms with Crippen molar-refractivity contribution in [2.75, 3.05) is 13.7 Å². The van der Waals surface area contributed by atoms with Gasteiger partial charge in [-0.1, -0.05) is 25.8 Å². The first-order valence-electron chi connectivity index (χ1n) is 6.81. The van der Waals surface area contributed by atoms with E-state index in [2.05, 4.69) is 14.8 Å². The van der Waals surface area contributed by atoms with Crippen molar-refractivity contribution >= 4 is 33.2 Å². The SMILES string of the molecule is CCCCC(NC(=O)CNS(=O)(=O)c1cccs1)C(=O)OC. The van der Waals surface area contributed by atoms with Crippen LogP contribution in [0.2, 0.25) is 0 Å². The summed E-state index contributed by atoms with van der Waals surface area (Å²) in [6.45, 7) is 1.53.